The molecule has 0 heterocycles. The second kappa shape index (κ2) is 2.79. The van der Waals surface area contributed by atoms with E-state index in [1.165, 1.54) is 0 Å². The maximum absolute atomic E-state index is 4.86. The van der Waals surface area contributed by atoms with Gasteiger partial charge in [0.25, 0.3) is 0 Å². The summed E-state index contributed by atoms with van der Waals surface area (Å²) in [5.41, 5.74) is 0. The van der Waals surface area contributed by atoms with Gasteiger partial charge in [0, 0.05) is 6.85 Å². The zero-order valence-electron chi connectivity index (χ0n) is 2.99. The van der Waals surface area contributed by atoms with Crippen molar-refractivity contribution in [3.8, 4) is 0 Å². The fourth-order valence-corrected chi connectivity index (χ4v) is 0. The summed E-state index contributed by atoms with van der Waals surface area (Å²) in [5.74, 6) is 4.86. The second-order valence-electron chi connectivity index (χ2n) is 0.701. The number of hydrazine groups is 1. The fourth-order valence-electron chi connectivity index (χ4n) is 0. The predicted octanol–water partition coefficient (Wildman–Crippen LogP) is -0.329. The van der Waals surface area contributed by atoms with Crippen LogP contribution >= 0.6 is 6.85 Å². The van der Waals surface area contributed by atoms with Gasteiger partial charge in [-0.05, 0) is 6.66 Å². The maximum Gasteiger partial charge on any atom is 0.0106 e. The molecule has 0 amide bonds. The van der Waals surface area contributed by atoms with Crippen LogP contribution in [0.2, 0.25) is 0 Å². The van der Waals surface area contributed by atoms with Crippen molar-refractivity contribution in [2.45, 2.75) is 0 Å². The Labute approximate surface area is 37.2 Å². The zero-order chi connectivity index (χ0) is 4.28. The van der Waals surface area contributed by atoms with Crippen LogP contribution in [0.25, 0.3) is 0 Å². The van der Waals surface area contributed by atoms with E-state index in [2.05, 4.69) is 17.0 Å². The molecular formula is CH7N2PS. The van der Waals surface area contributed by atoms with Crippen molar-refractivity contribution in [1.82, 2.24) is 5.20 Å². The fraction of sp³-hybridized carbons (Fsp3) is 1.00. The molecule has 0 bridgehead atoms. The molecular weight excluding hydrogens is 103 g/mol. The third kappa shape index (κ3) is 4.57. The molecule has 0 radical (unpaired) electrons. The van der Waals surface area contributed by atoms with Crippen LogP contribution in [0, 0.1) is 0 Å². The molecule has 0 spiro atoms. The zero-order valence-corrected chi connectivity index (χ0v) is 4.80. The first-order chi connectivity index (χ1) is 2.27. The van der Waals surface area contributed by atoms with Gasteiger partial charge in [0.05, 0.1) is 0 Å². The van der Waals surface area contributed by atoms with Crippen LogP contribution in [0.1, 0.15) is 0 Å². The first-order valence-electron chi connectivity index (χ1n) is 1.24. The summed E-state index contributed by atoms with van der Waals surface area (Å²) < 4.78 is 0. The number of hydrogen-bond donors (Lipinski definition) is 2. The Morgan fingerprint density at radius 3 is 2.20 bits per heavy atom. The summed E-state index contributed by atoms with van der Waals surface area (Å²) in [4.78, 5) is 0. The van der Waals surface area contributed by atoms with Crippen molar-refractivity contribution in [2.24, 2.45) is 5.84 Å². The summed E-state index contributed by atoms with van der Waals surface area (Å²) in [6.45, 7) is 1.14. The SMILES string of the molecule is C[PH](=S)NN. The van der Waals surface area contributed by atoms with E-state index in [0.29, 0.717) is 0 Å². The summed E-state index contributed by atoms with van der Waals surface area (Å²) in [7, 11) is 0. The van der Waals surface area contributed by atoms with Crippen LogP contribution in [0.5, 0.6) is 0 Å². The molecule has 0 aromatic heterocycles. The van der Waals surface area contributed by atoms with Gasteiger partial charge in [-0.3, -0.25) is 5.84 Å². The standard InChI is InChI=1S/CH7N2PS/c1-4(5)3-2/h4H,2H2,1H3,(H,3,5). The molecule has 32 valence electrons. The molecule has 0 aromatic rings. The molecule has 0 aromatic carbocycles. The molecule has 0 aliphatic heterocycles. The maximum atomic E-state index is 4.86. The lowest BCUT2D eigenvalue weighted by atomic mass is 12.0. The Balaban J connectivity index is 2.85. The molecule has 0 saturated heterocycles. The number of nitrogens with one attached hydrogen (secondary N) is 1. The molecule has 5 heavy (non-hydrogen) atoms. The molecule has 0 fully saturated rings. The normalized spacial score (nSPS) is 14.8. The van der Waals surface area contributed by atoms with E-state index in [0.717, 1.165) is 0 Å². The average Bonchev–Trinajstić information content (AvgIpc) is 1.38. The number of rotatable bonds is 1. The van der Waals surface area contributed by atoms with Gasteiger partial charge in [-0.2, -0.15) is 0 Å². The van der Waals surface area contributed by atoms with Crippen molar-refractivity contribution >= 4 is 18.7 Å². The van der Waals surface area contributed by atoms with Crippen LogP contribution in [0.15, 0.2) is 0 Å². The molecule has 1 atom stereocenters. The molecule has 0 rings (SSSR count). The van der Waals surface area contributed by atoms with E-state index in [4.69, 9.17) is 5.84 Å². The van der Waals surface area contributed by atoms with Crippen molar-refractivity contribution in [2.75, 3.05) is 6.66 Å². The van der Waals surface area contributed by atoms with Crippen LogP contribution in [-0.4, -0.2) is 6.66 Å². The van der Waals surface area contributed by atoms with Gasteiger partial charge in [0.1, 0.15) is 0 Å². The topological polar surface area (TPSA) is 38.0 Å². The molecule has 1 unspecified atom stereocenters. The van der Waals surface area contributed by atoms with Crippen molar-refractivity contribution < 1.29 is 0 Å². The first kappa shape index (κ1) is 5.57. The minimum atomic E-state index is -0.763. The molecule has 0 saturated carbocycles. The molecule has 3 N–H and O–H groups in total. The minimum absolute atomic E-state index is 0.763. The predicted molar refractivity (Wildman–Crippen MR) is 28.9 cm³/mol. The largest absolute Gasteiger partial charge is 0.267 e. The highest BCUT2D eigenvalue weighted by Gasteiger charge is 1.64. The van der Waals surface area contributed by atoms with Gasteiger partial charge >= 0.3 is 0 Å². The van der Waals surface area contributed by atoms with Gasteiger partial charge in [-0.15, -0.1) is 0 Å². The summed E-state index contributed by atoms with van der Waals surface area (Å²) in [6.07, 6.45) is 0. The van der Waals surface area contributed by atoms with E-state index < -0.39 is 6.85 Å². The van der Waals surface area contributed by atoms with Gasteiger partial charge in [0.2, 0.25) is 0 Å². The van der Waals surface area contributed by atoms with Gasteiger partial charge in [0.15, 0.2) is 0 Å². The number of hydrogen-bond acceptors (Lipinski definition) is 2. The Morgan fingerprint density at radius 2 is 2.20 bits per heavy atom. The monoisotopic (exact) mass is 110 g/mol. The molecule has 4 heteroatoms. The second-order valence-corrected chi connectivity index (χ2v) is 3.94. The third-order valence-corrected chi connectivity index (χ3v) is 0.963. The van der Waals surface area contributed by atoms with E-state index >= 15 is 0 Å². The Kier molecular flexibility index (Phi) is 3.11. The van der Waals surface area contributed by atoms with Crippen LogP contribution < -0.4 is 11.0 Å². The van der Waals surface area contributed by atoms with Crippen LogP contribution in [0.3, 0.4) is 0 Å². The highest BCUT2D eigenvalue weighted by Crippen LogP contribution is 1.99. The smallest absolute Gasteiger partial charge is 0.0106 e. The van der Waals surface area contributed by atoms with E-state index in [1.807, 2.05) is 6.66 Å². The summed E-state index contributed by atoms with van der Waals surface area (Å²) in [6, 6.07) is 0. The van der Waals surface area contributed by atoms with E-state index in [-0.39, 0.29) is 0 Å². The van der Waals surface area contributed by atoms with Crippen molar-refractivity contribution in [3.05, 3.63) is 0 Å². The lowest BCUT2D eigenvalue weighted by Gasteiger charge is -1.84. The summed E-state index contributed by atoms with van der Waals surface area (Å²) >= 11 is 4.65. The van der Waals surface area contributed by atoms with Gasteiger partial charge in [-0.25, -0.2) is 5.20 Å². The summed E-state index contributed by atoms with van der Waals surface area (Å²) in [5, 5.41) is 2.44. The minimum Gasteiger partial charge on any atom is -0.267 e. The Hall–Kier alpha value is 0.570. The average molecular weight is 110 g/mol. The Morgan fingerprint density at radius 1 is 2.00 bits per heavy atom. The van der Waals surface area contributed by atoms with E-state index in [1.54, 1.807) is 0 Å². The molecule has 0 aliphatic carbocycles. The molecule has 0 aliphatic rings. The number of nitrogens with two attached hydrogens (primary N) is 1. The third-order valence-electron chi connectivity index (χ3n) is 0.203. The highest BCUT2D eigenvalue weighted by atomic mass is 32.4. The van der Waals surface area contributed by atoms with Crippen LogP contribution in [-0.2, 0) is 11.8 Å². The lowest BCUT2D eigenvalue weighted by Crippen LogP contribution is -2.09. The highest BCUT2D eigenvalue weighted by molar-refractivity contribution is 8.03. The van der Waals surface area contributed by atoms with Crippen molar-refractivity contribution in [3.63, 3.8) is 0 Å². The van der Waals surface area contributed by atoms with Gasteiger partial charge in [-0.1, -0.05) is 11.8 Å². The molecule has 2 nitrogen and oxygen atoms in total. The quantitative estimate of drug-likeness (QED) is 0.276. The lowest BCUT2D eigenvalue weighted by molar-refractivity contribution is 1.11. The van der Waals surface area contributed by atoms with E-state index in [9.17, 15) is 0 Å². The van der Waals surface area contributed by atoms with Crippen molar-refractivity contribution in [1.29, 1.82) is 0 Å². The Bertz CT molecular complexity index is 44.9. The van der Waals surface area contributed by atoms with Crippen LogP contribution in [0.4, 0.5) is 0 Å². The first-order valence-corrected chi connectivity index (χ1v) is 4.38. The van der Waals surface area contributed by atoms with Gasteiger partial charge < -0.3 is 0 Å².